The van der Waals surface area contributed by atoms with Crippen molar-refractivity contribution in [1.82, 2.24) is 14.6 Å². The molecular formula is C25H26N4O5S. The summed E-state index contributed by atoms with van der Waals surface area (Å²) in [5.41, 5.74) is 1.45. The zero-order valence-corrected chi connectivity index (χ0v) is 20.0. The van der Waals surface area contributed by atoms with Crippen LogP contribution in [0.4, 0.5) is 5.69 Å². The van der Waals surface area contributed by atoms with Gasteiger partial charge >= 0.3 is 0 Å². The van der Waals surface area contributed by atoms with E-state index in [1.807, 2.05) is 6.07 Å². The summed E-state index contributed by atoms with van der Waals surface area (Å²) < 4.78 is 32.7. The molecule has 0 atom stereocenters. The highest BCUT2D eigenvalue weighted by Gasteiger charge is 2.29. The van der Waals surface area contributed by atoms with Gasteiger partial charge in [-0.15, -0.1) is 0 Å². The first-order chi connectivity index (χ1) is 16.9. The Balaban J connectivity index is 1.56. The maximum absolute atomic E-state index is 13.2. The monoisotopic (exact) mass is 494 g/mol. The van der Waals surface area contributed by atoms with Crippen LogP contribution < -0.4 is 15.4 Å². The van der Waals surface area contributed by atoms with Crippen LogP contribution in [0.2, 0.25) is 0 Å². The SMILES string of the molecule is COc1ccc(S(=O)(=O)N2CCCC2)cc1C(=O)Nc1ccccc1C(=O)NCc1cccnc1. The van der Waals surface area contributed by atoms with Crippen molar-refractivity contribution in [3.8, 4) is 5.75 Å². The quantitative estimate of drug-likeness (QED) is 0.497. The molecule has 0 bridgehead atoms. The van der Waals surface area contributed by atoms with E-state index in [1.165, 1.54) is 29.6 Å². The molecule has 1 aromatic heterocycles. The Bertz CT molecular complexity index is 1320. The number of aromatic nitrogens is 1. The predicted octanol–water partition coefficient (Wildman–Crippen LogP) is 3.06. The Labute approximate surface area is 204 Å². The fraction of sp³-hybridized carbons (Fsp3) is 0.240. The molecule has 0 aliphatic carbocycles. The zero-order chi connectivity index (χ0) is 24.8. The van der Waals surface area contributed by atoms with Crippen LogP contribution in [0, 0.1) is 0 Å². The minimum absolute atomic E-state index is 0.0212. The lowest BCUT2D eigenvalue weighted by molar-refractivity contribution is 0.0951. The number of hydrogen-bond donors (Lipinski definition) is 2. The number of hydrogen-bond acceptors (Lipinski definition) is 6. The molecule has 182 valence electrons. The number of benzene rings is 2. The van der Waals surface area contributed by atoms with Gasteiger partial charge in [-0.25, -0.2) is 8.42 Å². The lowest BCUT2D eigenvalue weighted by Crippen LogP contribution is -2.28. The van der Waals surface area contributed by atoms with Gasteiger partial charge in [0, 0.05) is 32.0 Å². The summed E-state index contributed by atoms with van der Waals surface area (Å²) in [6, 6.07) is 14.4. The van der Waals surface area contributed by atoms with E-state index in [-0.39, 0.29) is 39.9 Å². The van der Waals surface area contributed by atoms with Crippen molar-refractivity contribution in [2.45, 2.75) is 24.3 Å². The first kappa shape index (κ1) is 24.4. The molecule has 2 amide bonds. The number of carbonyl (C=O) groups excluding carboxylic acids is 2. The molecule has 1 aliphatic rings. The molecule has 2 heterocycles. The molecule has 1 aliphatic heterocycles. The number of pyridine rings is 1. The van der Waals surface area contributed by atoms with Crippen LogP contribution in [0.3, 0.4) is 0 Å². The Hall–Kier alpha value is -3.76. The van der Waals surface area contributed by atoms with E-state index in [9.17, 15) is 18.0 Å². The summed E-state index contributed by atoms with van der Waals surface area (Å²) in [4.78, 5) is 30.1. The van der Waals surface area contributed by atoms with Crippen LogP contribution in [0.15, 0.2) is 71.9 Å². The average molecular weight is 495 g/mol. The van der Waals surface area contributed by atoms with Crippen molar-refractivity contribution in [2.75, 3.05) is 25.5 Å². The molecule has 3 aromatic rings. The van der Waals surface area contributed by atoms with Crippen LogP contribution in [0.25, 0.3) is 0 Å². The third-order valence-corrected chi connectivity index (χ3v) is 7.61. The van der Waals surface area contributed by atoms with E-state index in [0.29, 0.717) is 13.1 Å². The molecule has 2 aromatic carbocycles. The largest absolute Gasteiger partial charge is 0.496 e. The number of sulfonamides is 1. The summed E-state index contributed by atoms with van der Waals surface area (Å²) in [5, 5.41) is 5.54. The van der Waals surface area contributed by atoms with Gasteiger partial charge in [0.2, 0.25) is 10.0 Å². The highest BCUT2D eigenvalue weighted by molar-refractivity contribution is 7.89. The molecule has 2 N–H and O–H groups in total. The number of rotatable bonds is 8. The fourth-order valence-corrected chi connectivity index (χ4v) is 5.41. The maximum atomic E-state index is 13.2. The van der Waals surface area contributed by atoms with Crippen molar-refractivity contribution in [1.29, 1.82) is 0 Å². The number of nitrogens with one attached hydrogen (secondary N) is 2. The molecule has 0 radical (unpaired) electrons. The van der Waals surface area contributed by atoms with E-state index < -0.39 is 15.9 Å². The van der Waals surface area contributed by atoms with Crippen LogP contribution in [-0.4, -0.2) is 49.7 Å². The average Bonchev–Trinajstić information content (AvgIpc) is 3.44. The molecule has 1 fully saturated rings. The predicted molar refractivity (Wildman–Crippen MR) is 131 cm³/mol. The van der Waals surface area contributed by atoms with E-state index in [1.54, 1.807) is 42.7 Å². The number of methoxy groups -OCH3 is 1. The van der Waals surface area contributed by atoms with Gasteiger partial charge in [0.1, 0.15) is 5.75 Å². The summed E-state index contributed by atoms with van der Waals surface area (Å²) in [5.74, 6) is -0.740. The molecule has 0 saturated carbocycles. The van der Waals surface area contributed by atoms with Gasteiger partial charge in [0.25, 0.3) is 11.8 Å². The van der Waals surface area contributed by atoms with Gasteiger partial charge in [0.15, 0.2) is 0 Å². The van der Waals surface area contributed by atoms with Gasteiger partial charge in [-0.2, -0.15) is 4.31 Å². The summed E-state index contributed by atoms with van der Waals surface area (Å²) >= 11 is 0. The molecule has 0 unspecified atom stereocenters. The second-order valence-electron chi connectivity index (χ2n) is 8.02. The number of nitrogens with zero attached hydrogens (tertiary/aromatic N) is 2. The van der Waals surface area contributed by atoms with Gasteiger partial charge in [0.05, 0.1) is 28.8 Å². The minimum Gasteiger partial charge on any atom is -0.496 e. The Morgan fingerprint density at radius 1 is 1.00 bits per heavy atom. The number of ether oxygens (including phenoxy) is 1. The minimum atomic E-state index is -3.72. The van der Waals surface area contributed by atoms with Crippen molar-refractivity contribution in [2.24, 2.45) is 0 Å². The van der Waals surface area contributed by atoms with E-state index in [2.05, 4.69) is 15.6 Å². The van der Waals surface area contributed by atoms with Crippen LogP contribution in [-0.2, 0) is 16.6 Å². The highest BCUT2D eigenvalue weighted by atomic mass is 32.2. The van der Waals surface area contributed by atoms with E-state index in [4.69, 9.17) is 4.74 Å². The van der Waals surface area contributed by atoms with E-state index in [0.717, 1.165) is 18.4 Å². The normalized spacial score (nSPS) is 13.9. The molecule has 0 spiro atoms. The van der Waals surface area contributed by atoms with Gasteiger partial charge in [-0.05, 0) is 54.8 Å². The second-order valence-corrected chi connectivity index (χ2v) is 9.95. The third-order valence-electron chi connectivity index (χ3n) is 5.71. The number of anilines is 1. The zero-order valence-electron chi connectivity index (χ0n) is 19.2. The number of carbonyl (C=O) groups is 2. The van der Waals surface area contributed by atoms with Crippen LogP contribution >= 0.6 is 0 Å². The Kier molecular flexibility index (Phi) is 7.42. The highest BCUT2D eigenvalue weighted by Crippen LogP contribution is 2.27. The molecule has 10 heteroatoms. The summed E-state index contributed by atoms with van der Waals surface area (Å²) in [7, 11) is -2.32. The third kappa shape index (κ3) is 5.50. The van der Waals surface area contributed by atoms with Crippen molar-refractivity contribution >= 4 is 27.5 Å². The molecule has 35 heavy (non-hydrogen) atoms. The topological polar surface area (TPSA) is 118 Å². The fourth-order valence-electron chi connectivity index (χ4n) is 3.86. The first-order valence-electron chi connectivity index (χ1n) is 11.2. The Morgan fingerprint density at radius 2 is 1.77 bits per heavy atom. The lowest BCUT2D eigenvalue weighted by Gasteiger charge is -2.17. The van der Waals surface area contributed by atoms with Crippen molar-refractivity contribution in [3.05, 3.63) is 83.7 Å². The van der Waals surface area contributed by atoms with Crippen molar-refractivity contribution < 1.29 is 22.7 Å². The van der Waals surface area contributed by atoms with Crippen LogP contribution in [0.5, 0.6) is 5.75 Å². The standard InChI is InChI=1S/C25H26N4O5S/c1-34-23-11-10-19(35(32,33)29-13-4-5-14-29)15-21(23)25(31)28-22-9-3-2-8-20(22)24(30)27-17-18-7-6-12-26-16-18/h2-3,6-12,15-16H,4-5,13-14,17H2,1H3,(H,27,30)(H,28,31). The molecule has 1 saturated heterocycles. The number of para-hydroxylation sites is 1. The maximum Gasteiger partial charge on any atom is 0.259 e. The lowest BCUT2D eigenvalue weighted by atomic mass is 10.1. The molecule has 9 nitrogen and oxygen atoms in total. The number of amides is 2. The molecule has 4 rings (SSSR count). The second kappa shape index (κ2) is 10.7. The Morgan fingerprint density at radius 3 is 2.49 bits per heavy atom. The van der Waals surface area contributed by atoms with E-state index >= 15 is 0 Å². The van der Waals surface area contributed by atoms with Gasteiger partial charge < -0.3 is 15.4 Å². The summed E-state index contributed by atoms with van der Waals surface area (Å²) in [6.07, 6.45) is 4.92. The first-order valence-corrected chi connectivity index (χ1v) is 12.6. The molecular weight excluding hydrogens is 468 g/mol. The smallest absolute Gasteiger partial charge is 0.259 e. The van der Waals surface area contributed by atoms with Gasteiger partial charge in [-0.3, -0.25) is 14.6 Å². The van der Waals surface area contributed by atoms with Crippen LogP contribution in [0.1, 0.15) is 39.1 Å². The van der Waals surface area contributed by atoms with Gasteiger partial charge in [-0.1, -0.05) is 18.2 Å². The summed E-state index contributed by atoms with van der Waals surface area (Å²) in [6.45, 7) is 1.19. The van der Waals surface area contributed by atoms with Crippen molar-refractivity contribution in [3.63, 3.8) is 0 Å².